The van der Waals surface area contributed by atoms with Crippen LogP contribution in [0, 0.1) is 5.82 Å². The van der Waals surface area contributed by atoms with E-state index in [0.29, 0.717) is 5.56 Å². The van der Waals surface area contributed by atoms with Gasteiger partial charge in [0.25, 0.3) is 0 Å². The Kier molecular flexibility index (Phi) is 3.74. The molecule has 0 saturated carbocycles. The van der Waals surface area contributed by atoms with Gasteiger partial charge >= 0.3 is 6.18 Å². The molecule has 0 atom stereocenters. The molecule has 1 rings (SSSR count). The highest BCUT2D eigenvalue weighted by molar-refractivity contribution is 5.54. The third-order valence-electron chi connectivity index (χ3n) is 2.09. The third kappa shape index (κ3) is 3.10. The smallest absolute Gasteiger partial charge is 0.363 e. The van der Waals surface area contributed by atoms with Crippen molar-refractivity contribution in [3.05, 3.63) is 29.6 Å². The Hall–Kier alpha value is -1.30. The van der Waals surface area contributed by atoms with E-state index in [1.807, 2.05) is 0 Å². The van der Waals surface area contributed by atoms with Crippen molar-refractivity contribution in [3.63, 3.8) is 0 Å². The number of alkyl halides is 3. The van der Waals surface area contributed by atoms with E-state index in [0.717, 1.165) is 11.0 Å². The lowest BCUT2D eigenvalue weighted by molar-refractivity contribution is -0.119. The largest absolute Gasteiger partial charge is 0.405 e. The summed E-state index contributed by atoms with van der Waals surface area (Å²) < 4.78 is 49.9. The first-order valence-corrected chi connectivity index (χ1v) is 4.60. The van der Waals surface area contributed by atoms with Crippen LogP contribution in [0.5, 0.6) is 0 Å². The van der Waals surface area contributed by atoms with Crippen molar-refractivity contribution in [3.8, 4) is 0 Å². The number of halogens is 4. The normalized spacial score (nSPS) is 11.6. The van der Waals surface area contributed by atoms with E-state index in [9.17, 15) is 17.6 Å². The summed E-state index contributed by atoms with van der Waals surface area (Å²) in [6.45, 7) is -1.21. The summed E-state index contributed by atoms with van der Waals surface area (Å²) in [6.07, 6.45) is -4.37. The molecule has 0 bridgehead atoms. The lowest BCUT2D eigenvalue weighted by atomic mass is 10.1. The average Bonchev–Trinajstić information content (AvgIpc) is 2.14. The van der Waals surface area contributed by atoms with Gasteiger partial charge in [-0.3, -0.25) is 0 Å². The molecule has 1 aromatic carbocycles. The minimum absolute atomic E-state index is 0.00467. The molecule has 0 heterocycles. The van der Waals surface area contributed by atoms with Gasteiger partial charge in [-0.25, -0.2) is 4.39 Å². The second-order valence-corrected chi connectivity index (χ2v) is 3.42. The van der Waals surface area contributed by atoms with E-state index < -0.39 is 18.5 Å². The Morgan fingerprint density at radius 3 is 2.44 bits per heavy atom. The molecule has 0 radical (unpaired) electrons. The van der Waals surface area contributed by atoms with Crippen LogP contribution in [0.4, 0.5) is 23.2 Å². The summed E-state index contributed by atoms with van der Waals surface area (Å²) in [6, 6.07) is 4.04. The molecule has 0 spiro atoms. The topological polar surface area (TPSA) is 29.3 Å². The van der Waals surface area contributed by atoms with Crippen LogP contribution in [-0.2, 0) is 6.54 Å². The molecule has 0 fully saturated rings. The van der Waals surface area contributed by atoms with Crippen molar-refractivity contribution in [2.75, 3.05) is 18.5 Å². The molecule has 0 saturated heterocycles. The molecule has 1 aromatic rings. The van der Waals surface area contributed by atoms with Crippen LogP contribution < -0.4 is 10.6 Å². The highest BCUT2D eigenvalue weighted by Gasteiger charge is 2.30. The third-order valence-corrected chi connectivity index (χ3v) is 2.09. The summed E-state index contributed by atoms with van der Waals surface area (Å²) >= 11 is 0. The molecule has 0 amide bonds. The standard InChI is InChI=1S/C10H12F4N2/c1-16(6-10(12,13)14)9-7(5-15)3-2-4-8(9)11/h2-4H,5-6,15H2,1H3. The predicted octanol–water partition coefficient (Wildman–Crippen LogP) is 2.28. The number of hydrogen-bond acceptors (Lipinski definition) is 2. The molecule has 90 valence electrons. The average molecular weight is 236 g/mol. The summed E-state index contributed by atoms with van der Waals surface area (Å²) in [5.74, 6) is -0.699. The van der Waals surface area contributed by atoms with E-state index in [4.69, 9.17) is 5.73 Å². The lowest BCUT2D eigenvalue weighted by Gasteiger charge is -2.23. The van der Waals surface area contributed by atoms with E-state index in [1.165, 1.54) is 19.2 Å². The fourth-order valence-corrected chi connectivity index (χ4v) is 1.50. The van der Waals surface area contributed by atoms with Gasteiger partial charge in [-0.05, 0) is 11.6 Å². The molecule has 0 aromatic heterocycles. The van der Waals surface area contributed by atoms with E-state index in [2.05, 4.69) is 0 Å². The number of hydrogen-bond donors (Lipinski definition) is 1. The molecule has 2 N–H and O–H groups in total. The van der Waals surface area contributed by atoms with Gasteiger partial charge < -0.3 is 10.6 Å². The number of nitrogens with zero attached hydrogens (tertiary/aromatic N) is 1. The van der Waals surface area contributed by atoms with Gasteiger partial charge in [0, 0.05) is 13.6 Å². The first kappa shape index (κ1) is 12.8. The maximum atomic E-state index is 13.4. The fraction of sp³-hybridized carbons (Fsp3) is 0.400. The highest BCUT2D eigenvalue weighted by Crippen LogP contribution is 2.26. The molecule has 6 heteroatoms. The number of rotatable bonds is 3. The van der Waals surface area contributed by atoms with Crippen LogP contribution in [0.2, 0.25) is 0 Å². The van der Waals surface area contributed by atoms with Gasteiger partial charge in [0.2, 0.25) is 0 Å². The van der Waals surface area contributed by atoms with Crippen molar-refractivity contribution in [1.29, 1.82) is 0 Å². The minimum Gasteiger partial charge on any atom is -0.363 e. The number of nitrogens with two attached hydrogens (primary N) is 1. The molecule has 16 heavy (non-hydrogen) atoms. The zero-order chi connectivity index (χ0) is 12.3. The molecule has 0 unspecified atom stereocenters. The molecular formula is C10H12F4N2. The summed E-state index contributed by atoms with van der Waals surface area (Å²) in [5.41, 5.74) is 5.60. The zero-order valence-electron chi connectivity index (χ0n) is 8.68. The van der Waals surface area contributed by atoms with Crippen LogP contribution in [0.15, 0.2) is 18.2 Å². The molecule has 0 aliphatic rings. The van der Waals surface area contributed by atoms with Gasteiger partial charge in [-0.15, -0.1) is 0 Å². The Labute approximate surface area is 90.7 Å². The quantitative estimate of drug-likeness (QED) is 0.816. The van der Waals surface area contributed by atoms with Crippen LogP contribution in [0.3, 0.4) is 0 Å². The molecule has 0 aliphatic carbocycles. The summed E-state index contributed by atoms with van der Waals surface area (Å²) in [7, 11) is 1.19. The zero-order valence-corrected chi connectivity index (χ0v) is 8.68. The van der Waals surface area contributed by atoms with E-state index >= 15 is 0 Å². The summed E-state index contributed by atoms with van der Waals surface area (Å²) in [5, 5.41) is 0. The van der Waals surface area contributed by atoms with Crippen LogP contribution >= 0.6 is 0 Å². The molecule has 2 nitrogen and oxygen atoms in total. The second-order valence-electron chi connectivity index (χ2n) is 3.42. The molecular weight excluding hydrogens is 224 g/mol. The Balaban J connectivity index is 3.02. The number of para-hydroxylation sites is 1. The second kappa shape index (κ2) is 4.69. The van der Waals surface area contributed by atoms with Gasteiger partial charge in [0.15, 0.2) is 0 Å². The maximum absolute atomic E-state index is 13.4. The van der Waals surface area contributed by atoms with E-state index in [-0.39, 0.29) is 12.2 Å². The maximum Gasteiger partial charge on any atom is 0.405 e. The predicted molar refractivity (Wildman–Crippen MR) is 53.6 cm³/mol. The van der Waals surface area contributed by atoms with Crippen LogP contribution in [-0.4, -0.2) is 19.8 Å². The van der Waals surface area contributed by atoms with Gasteiger partial charge in [0.1, 0.15) is 12.4 Å². The van der Waals surface area contributed by atoms with Crippen LogP contribution in [0.25, 0.3) is 0 Å². The highest BCUT2D eigenvalue weighted by atomic mass is 19.4. The minimum atomic E-state index is -4.37. The fourth-order valence-electron chi connectivity index (χ4n) is 1.50. The first-order valence-electron chi connectivity index (χ1n) is 4.60. The van der Waals surface area contributed by atoms with Crippen molar-refractivity contribution >= 4 is 5.69 Å². The van der Waals surface area contributed by atoms with Crippen LogP contribution in [0.1, 0.15) is 5.56 Å². The van der Waals surface area contributed by atoms with Crippen molar-refractivity contribution in [1.82, 2.24) is 0 Å². The van der Waals surface area contributed by atoms with Crippen molar-refractivity contribution in [2.45, 2.75) is 12.7 Å². The van der Waals surface area contributed by atoms with Crippen molar-refractivity contribution < 1.29 is 17.6 Å². The van der Waals surface area contributed by atoms with Gasteiger partial charge in [0.05, 0.1) is 5.69 Å². The Bertz CT molecular complexity index is 362. The lowest BCUT2D eigenvalue weighted by Crippen LogP contribution is -2.32. The monoisotopic (exact) mass is 236 g/mol. The first-order chi connectivity index (χ1) is 7.35. The van der Waals surface area contributed by atoms with Gasteiger partial charge in [-0.1, -0.05) is 12.1 Å². The Morgan fingerprint density at radius 2 is 1.94 bits per heavy atom. The molecule has 0 aliphatic heterocycles. The number of anilines is 1. The SMILES string of the molecule is CN(CC(F)(F)F)c1c(F)cccc1CN. The summed E-state index contributed by atoms with van der Waals surface area (Å²) in [4.78, 5) is 0.817. The Morgan fingerprint density at radius 1 is 1.31 bits per heavy atom. The van der Waals surface area contributed by atoms with Gasteiger partial charge in [-0.2, -0.15) is 13.2 Å². The van der Waals surface area contributed by atoms with Crippen molar-refractivity contribution in [2.24, 2.45) is 5.73 Å². The van der Waals surface area contributed by atoms with E-state index in [1.54, 1.807) is 0 Å². The number of benzene rings is 1.